The Morgan fingerprint density at radius 2 is 1.29 bits per heavy atom. The molecule has 0 spiro atoms. The van der Waals surface area contributed by atoms with E-state index in [0.717, 1.165) is 46.5 Å². The van der Waals surface area contributed by atoms with Gasteiger partial charge < -0.3 is 9.13 Å². The molecule has 1 aliphatic rings. The van der Waals surface area contributed by atoms with E-state index in [0.29, 0.717) is 0 Å². The van der Waals surface area contributed by atoms with Crippen molar-refractivity contribution in [2.45, 2.75) is 19.8 Å². The number of hydrogen-bond donors (Lipinski definition) is 0. The summed E-state index contributed by atoms with van der Waals surface area (Å²) < 4.78 is 4.95. The fraction of sp³-hybridized carbons (Fsp3) is 0.0612. The van der Waals surface area contributed by atoms with Crippen molar-refractivity contribution in [3.8, 4) is 45.5 Å². The molecule has 0 fully saturated rings. The number of aromatic nitrogens is 2. The van der Waals surface area contributed by atoms with Crippen molar-refractivity contribution in [1.82, 2.24) is 9.13 Å². The van der Waals surface area contributed by atoms with Crippen LogP contribution < -0.4 is 0 Å². The molecule has 8 aromatic rings. The van der Waals surface area contributed by atoms with Crippen LogP contribution in [0.4, 0.5) is 0 Å². The molecule has 0 N–H and O–H groups in total. The number of allylic oxidation sites excluding steroid dienone is 4. The minimum absolute atomic E-state index is 0.944. The van der Waals surface area contributed by atoms with Crippen molar-refractivity contribution in [3.05, 3.63) is 181 Å². The molecule has 2 aromatic heterocycles. The Morgan fingerprint density at radius 3 is 1.98 bits per heavy atom. The molecule has 0 radical (unpaired) electrons. The van der Waals surface area contributed by atoms with Gasteiger partial charge in [-0.3, -0.25) is 0 Å². The molecule has 1 aliphatic carbocycles. The van der Waals surface area contributed by atoms with Crippen molar-refractivity contribution in [1.29, 1.82) is 0 Å². The lowest BCUT2D eigenvalue weighted by molar-refractivity contribution is 0.888. The van der Waals surface area contributed by atoms with E-state index in [-0.39, 0.29) is 0 Å². The van der Waals surface area contributed by atoms with Crippen LogP contribution in [0.3, 0.4) is 0 Å². The molecule has 242 valence electrons. The predicted molar refractivity (Wildman–Crippen MR) is 217 cm³/mol. The lowest BCUT2D eigenvalue weighted by Crippen LogP contribution is -2.08. The number of para-hydroxylation sites is 2. The molecule has 0 saturated heterocycles. The Bertz CT molecular complexity index is 2700. The number of hydrogen-bond acceptors (Lipinski definition) is 0. The Kier molecular flexibility index (Phi) is 7.60. The molecular formula is C49H36N2. The molecule has 0 atom stereocenters. The first-order valence-electron chi connectivity index (χ1n) is 17.6. The second kappa shape index (κ2) is 12.7. The van der Waals surface area contributed by atoms with Gasteiger partial charge in [0.2, 0.25) is 0 Å². The largest absolute Gasteiger partial charge is 0.312 e. The molecule has 6 aromatic carbocycles. The Morgan fingerprint density at radius 1 is 0.647 bits per heavy atom. The van der Waals surface area contributed by atoms with Gasteiger partial charge in [-0.25, -0.2) is 0 Å². The van der Waals surface area contributed by atoms with E-state index < -0.39 is 0 Å². The molecule has 2 nitrogen and oxygen atoms in total. The van der Waals surface area contributed by atoms with Crippen molar-refractivity contribution in [2.75, 3.05) is 0 Å². The summed E-state index contributed by atoms with van der Waals surface area (Å²) >= 11 is 0. The van der Waals surface area contributed by atoms with E-state index in [4.69, 9.17) is 0 Å². The van der Waals surface area contributed by atoms with Crippen molar-refractivity contribution >= 4 is 44.4 Å². The maximum absolute atomic E-state index is 4.10. The van der Waals surface area contributed by atoms with Gasteiger partial charge >= 0.3 is 0 Å². The van der Waals surface area contributed by atoms with E-state index in [1.807, 2.05) is 13.0 Å². The maximum Gasteiger partial charge on any atom is 0.0622 e. The minimum Gasteiger partial charge on any atom is -0.312 e. The normalized spacial score (nSPS) is 12.6. The zero-order chi connectivity index (χ0) is 34.3. The smallest absolute Gasteiger partial charge is 0.0622 e. The van der Waals surface area contributed by atoms with Gasteiger partial charge in [0, 0.05) is 49.8 Å². The number of nitrogens with zero attached hydrogens (tertiary/aromatic N) is 2. The minimum atomic E-state index is 0.944. The van der Waals surface area contributed by atoms with Crippen LogP contribution in [0.1, 0.15) is 30.2 Å². The third-order valence-electron chi connectivity index (χ3n) is 10.1. The number of benzene rings is 6. The van der Waals surface area contributed by atoms with Crippen LogP contribution in [0.25, 0.3) is 78.0 Å². The summed E-state index contributed by atoms with van der Waals surface area (Å²) in [6.45, 7) is 6.00. The monoisotopic (exact) mass is 652 g/mol. The van der Waals surface area contributed by atoms with E-state index in [2.05, 4.69) is 185 Å². The zero-order valence-corrected chi connectivity index (χ0v) is 28.6. The van der Waals surface area contributed by atoms with Crippen LogP contribution >= 0.6 is 0 Å². The van der Waals surface area contributed by atoms with Gasteiger partial charge in [-0.1, -0.05) is 128 Å². The SMILES string of the molecule is C=C/C=C(\C#CC)c1cc(-c2ccccc2)cc(-c2ccccc2)c1-n1c2c(c3cc(-n4c5ccccc5c5ccccc54)ccc31)C=CCC2. The van der Waals surface area contributed by atoms with E-state index in [1.165, 1.54) is 55.1 Å². The van der Waals surface area contributed by atoms with Gasteiger partial charge in [0.05, 0.1) is 22.2 Å². The molecule has 0 saturated carbocycles. The molecule has 0 bridgehead atoms. The van der Waals surface area contributed by atoms with Crippen LogP contribution in [-0.4, -0.2) is 9.13 Å². The fourth-order valence-electron chi connectivity index (χ4n) is 7.97. The van der Waals surface area contributed by atoms with Crippen LogP contribution in [0.15, 0.2) is 164 Å². The van der Waals surface area contributed by atoms with Gasteiger partial charge in [-0.2, -0.15) is 0 Å². The summed E-state index contributed by atoms with van der Waals surface area (Å²) in [7, 11) is 0. The van der Waals surface area contributed by atoms with Gasteiger partial charge in [0.15, 0.2) is 0 Å². The molecule has 0 unspecified atom stereocenters. The Balaban J connectivity index is 1.39. The summed E-state index contributed by atoms with van der Waals surface area (Å²) in [6, 6.07) is 50.6. The first kappa shape index (κ1) is 30.5. The topological polar surface area (TPSA) is 9.86 Å². The highest BCUT2D eigenvalue weighted by Crippen LogP contribution is 2.44. The summed E-state index contributed by atoms with van der Waals surface area (Å²) in [5, 5.41) is 3.78. The Hall–Kier alpha value is -6.56. The second-order valence-electron chi connectivity index (χ2n) is 13.1. The van der Waals surface area contributed by atoms with Gasteiger partial charge in [-0.15, -0.1) is 5.92 Å². The molecule has 0 aliphatic heterocycles. The van der Waals surface area contributed by atoms with Crippen molar-refractivity contribution in [3.63, 3.8) is 0 Å². The summed E-state index contributed by atoms with van der Waals surface area (Å²) in [5.41, 5.74) is 15.2. The number of fused-ring (bicyclic) bond motifs is 6. The number of rotatable bonds is 6. The molecular weight excluding hydrogens is 617 g/mol. The highest BCUT2D eigenvalue weighted by atomic mass is 15.0. The Labute approximate surface area is 298 Å². The van der Waals surface area contributed by atoms with Gasteiger partial charge in [0.25, 0.3) is 0 Å². The lowest BCUT2D eigenvalue weighted by atomic mass is 9.90. The highest BCUT2D eigenvalue weighted by molar-refractivity contribution is 6.09. The summed E-state index contributed by atoms with van der Waals surface area (Å²) in [4.78, 5) is 0. The first-order valence-corrected chi connectivity index (χ1v) is 17.6. The average molecular weight is 653 g/mol. The third kappa shape index (κ3) is 5.06. The molecule has 51 heavy (non-hydrogen) atoms. The second-order valence-corrected chi connectivity index (χ2v) is 13.1. The quantitative estimate of drug-likeness (QED) is 0.125. The van der Waals surface area contributed by atoms with Gasteiger partial charge in [-0.05, 0) is 85.0 Å². The maximum atomic E-state index is 4.10. The van der Waals surface area contributed by atoms with E-state index >= 15 is 0 Å². The first-order chi connectivity index (χ1) is 25.2. The summed E-state index contributed by atoms with van der Waals surface area (Å²) in [5.74, 6) is 6.66. The van der Waals surface area contributed by atoms with E-state index in [9.17, 15) is 0 Å². The van der Waals surface area contributed by atoms with Crippen LogP contribution in [0.5, 0.6) is 0 Å². The fourth-order valence-corrected chi connectivity index (χ4v) is 7.97. The molecule has 2 heteroatoms. The molecule has 0 amide bonds. The van der Waals surface area contributed by atoms with Crippen molar-refractivity contribution in [2.24, 2.45) is 0 Å². The van der Waals surface area contributed by atoms with Crippen LogP contribution in [-0.2, 0) is 6.42 Å². The molecule has 9 rings (SSSR count). The standard InChI is InChI=1S/C49H36N2/c1-3-17-35(18-4-2)42-31-37(34-19-7-5-8-20-34)32-43(36-21-9-6-10-22-36)49(42)51-47-28-16-13-25-41(47)44-33-38(29-30-48(44)51)50-45-26-14-11-23-39(45)40-24-12-15-27-46(40)50/h3,5-15,17,19-27,29-33H,1,16,28H2,2H3/b35-17+. The third-order valence-corrected chi connectivity index (χ3v) is 10.1. The average Bonchev–Trinajstić information content (AvgIpc) is 3.70. The van der Waals surface area contributed by atoms with Crippen LogP contribution in [0, 0.1) is 11.8 Å². The predicted octanol–water partition coefficient (Wildman–Crippen LogP) is 12.6. The highest BCUT2D eigenvalue weighted by Gasteiger charge is 2.25. The van der Waals surface area contributed by atoms with Gasteiger partial charge in [0.1, 0.15) is 0 Å². The van der Waals surface area contributed by atoms with Crippen LogP contribution in [0.2, 0.25) is 0 Å². The van der Waals surface area contributed by atoms with E-state index in [1.54, 1.807) is 0 Å². The zero-order valence-electron chi connectivity index (χ0n) is 28.6. The molecule has 2 heterocycles. The lowest BCUT2D eigenvalue weighted by Gasteiger charge is -2.23. The van der Waals surface area contributed by atoms with Crippen molar-refractivity contribution < 1.29 is 0 Å². The summed E-state index contributed by atoms with van der Waals surface area (Å²) in [6.07, 6.45) is 10.5.